The number of ether oxygens (including phenoxy) is 3. The summed E-state index contributed by atoms with van der Waals surface area (Å²) in [5, 5.41) is 2.97. The zero-order valence-corrected chi connectivity index (χ0v) is 10.8. The van der Waals surface area contributed by atoms with Crippen LogP contribution in [-0.4, -0.2) is 25.4 Å². The van der Waals surface area contributed by atoms with Crippen molar-refractivity contribution < 1.29 is 19.0 Å². The molecule has 1 amide bonds. The first-order valence-corrected chi connectivity index (χ1v) is 6.55. The molecule has 1 fully saturated rings. The highest BCUT2D eigenvalue weighted by Gasteiger charge is 2.25. The van der Waals surface area contributed by atoms with Gasteiger partial charge in [0.25, 0.3) is 0 Å². The maximum absolute atomic E-state index is 12.0. The minimum absolute atomic E-state index is 0.0392. The third kappa shape index (κ3) is 2.51. The van der Waals surface area contributed by atoms with E-state index in [1.165, 1.54) is 0 Å². The molecule has 1 N–H and O–H groups in total. The third-order valence-electron chi connectivity index (χ3n) is 3.48. The highest BCUT2D eigenvalue weighted by molar-refractivity contribution is 5.81. The number of hydrogen-bond donors (Lipinski definition) is 1. The van der Waals surface area contributed by atoms with Crippen LogP contribution < -0.4 is 14.8 Å². The van der Waals surface area contributed by atoms with E-state index in [2.05, 4.69) is 5.32 Å². The third-order valence-corrected chi connectivity index (χ3v) is 3.48. The molecule has 0 bridgehead atoms. The number of benzene rings is 1. The summed E-state index contributed by atoms with van der Waals surface area (Å²) >= 11 is 0. The lowest BCUT2D eigenvalue weighted by Gasteiger charge is -2.17. The van der Waals surface area contributed by atoms with E-state index in [-0.39, 0.29) is 24.8 Å². The van der Waals surface area contributed by atoms with Crippen molar-refractivity contribution in [2.45, 2.75) is 31.9 Å². The summed E-state index contributed by atoms with van der Waals surface area (Å²) in [6, 6.07) is 5.63. The summed E-state index contributed by atoms with van der Waals surface area (Å²) in [7, 11) is 0. The van der Waals surface area contributed by atoms with Gasteiger partial charge in [0.15, 0.2) is 11.5 Å². The van der Waals surface area contributed by atoms with Crippen LogP contribution in [-0.2, 0) is 9.53 Å². The van der Waals surface area contributed by atoms with Crippen molar-refractivity contribution in [2.75, 3.05) is 13.4 Å². The number of nitrogens with one attached hydrogen (secondary N) is 1. The normalized spacial score (nSPS) is 22.3. The fourth-order valence-corrected chi connectivity index (χ4v) is 2.36. The van der Waals surface area contributed by atoms with Gasteiger partial charge in [-0.15, -0.1) is 0 Å². The Hall–Kier alpha value is -1.75. The fourth-order valence-electron chi connectivity index (χ4n) is 2.36. The quantitative estimate of drug-likeness (QED) is 0.903. The Morgan fingerprint density at radius 3 is 3.00 bits per heavy atom. The Labute approximate surface area is 111 Å². The molecule has 102 valence electrons. The van der Waals surface area contributed by atoms with Gasteiger partial charge in [-0.25, -0.2) is 0 Å². The average molecular weight is 263 g/mol. The second kappa shape index (κ2) is 5.09. The van der Waals surface area contributed by atoms with E-state index in [1.54, 1.807) is 0 Å². The molecule has 1 aromatic rings. The van der Waals surface area contributed by atoms with Gasteiger partial charge in [0.1, 0.15) is 6.10 Å². The van der Waals surface area contributed by atoms with E-state index in [0.717, 1.165) is 29.9 Å². The summed E-state index contributed by atoms with van der Waals surface area (Å²) in [4.78, 5) is 12.0. The molecule has 0 spiro atoms. The van der Waals surface area contributed by atoms with E-state index in [1.807, 2.05) is 25.1 Å². The molecule has 0 aromatic heterocycles. The van der Waals surface area contributed by atoms with Gasteiger partial charge in [0, 0.05) is 6.61 Å². The smallest absolute Gasteiger partial charge is 0.249 e. The van der Waals surface area contributed by atoms with E-state index in [9.17, 15) is 4.79 Å². The van der Waals surface area contributed by atoms with Crippen molar-refractivity contribution in [1.82, 2.24) is 5.32 Å². The van der Waals surface area contributed by atoms with Crippen LogP contribution in [0.5, 0.6) is 11.5 Å². The van der Waals surface area contributed by atoms with E-state index in [4.69, 9.17) is 14.2 Å². The molecule has 19 heavy (non-hydrogen) atoms. The molecule has 3 rings (SSSR count). The standard InChI is InChI=1S/C14H17NO4/c1-9(15-14(16)12-3-2-6-17-12)10-4-5-11-13(7-10)19-8-18-11/h4-5,7,9,12H,2-3,6,8H2,1H3,(H,15,16). The first-order valence-electron chi connectivity index (χ1n) is 6.55. The number of rotatable bonds is 3. The lowest BCUT2D eigenvalue weighted by atomic mass is 10.1. The summed E-state index contributed by atoms with van der Waals surface area (Å²) in [5.74, 6) is 1.44. The molecule has 2 heterocycles. The molecule has 0 aliphatic carbocycles. The van der Waals surface area contributed by atoms with Crippen LogP contribution in [0.15, 0.2) is 18.2 Å². The van der Waals surface area contributed by atoms with Crippen LogP contribution in [0, 0.1) is 0 Å². The van der Waals surface area contributed by atoms with Gasteiger partial charge >= 0.3 is 0 Å². The predicted octanol–water partition coefficient (Wildman–Crippen LogP) is 1.77. The fraction of sp³-hybridized carbons (Fsp3) is 0.500. The van der Waals surface area contributed by atoms with Crippen molar-refractivity contribution in [1.29, 1.82) is 0 Å². The molecule has 5 nitrogen and oxygen atoms in total. The number of hydrogen-bond acceptors (Lipinski definition) is 4. The Kier molecular flexibility index (Phi) is 3.29. The minimum atomic E-state index is -0.295. The van der Waals surface area contributed by atoms with Gasteiger partial charge in [-0.1, -0.05) is 6.07 Å². The molecule has 2 aliphatic rings. The highest BCUT2D eigenvalue weighted by atomic mass is 16.7. The molecule has 2 unspecified atom stereocenters. The summed E-state index contributed by atoms with van der Waals surface area (Å²) in [6.45, 7) is 2.89. The number of carbonyl (C=O) groups excluding carboxylic acids is 1. The Morgan fingerprint density at radius 2 is 2.21 bits per heavy atom. The van der Waals surface area contributed by atoms with E-state index in [0.29, 0.717) is 6.61 Å². The Bertz CT molecular complexity index is 482. The van der Waals surface area contributed by atoms with Gasteiger partial charge in [-0.05, 0) is 37.5 Å². The van der Waals surface area contributed by atoms with Crippen molar-refractivity contribution in [3.8, 4) is 11.5 Å². The minimum Gasteiger partial charge on any atom is -0.454 e. The number of amides is 1. The van der Waals surface area contributed by atoms with E-state index < -0.39 is 0 Å². The summed E-state index contributed by atoms with van der Waals surface area (Å²) in [5.41, 5.74) is 0.996. The maximum Gasteiger partial charge on any atom is 0.249 e. The lowest BCUT2D eigenvalue weighted by molar-refractivity contribution is -0.130. The molecular weight excluding hydrogens is 246 g/mol. The average Bonchev–Trinajstić information content (AvgIpc) is 3.09. The topological polar surface area (TPSA) is 56.8 Å². The van der Waals surface area contributed by atoms with Crippen LogP contribution in [0.25, 0.3) is 0 Å². The maximum atomic E-state index is 12.0. The van der Waals surface area contributed by atoms with E-state index >= 15 is 0 Å². The first kappa shape index (κ1) is 12.3. The SMILES string of the molecule is CC(NC(=O)C1CCCO1)c1ccc2c(c1)OCO2. The van der Waals surface area contributed by atoms with Gasteiger partial charge in [-0.3, -0.25) is 4.79 Å². The molecular formula is C14H17NO4. The largest absolute Gasteiger partial charge is 0.454 e. The van der Waals surface area contributed by atoms with Crippen molar-refractivity contribution >= 4 is 5.91 Å². The second-order valence-electron chi connectivity index (χ2n) is 4.84. The van der Waals surface area contributed by atoms with Crippen LogP contribution >= 0.6 is 0 Å². The van der Waals surface area contributed by atoms with Crippen LogP contribution in [0.4, 0.5) is 0 Å². The van der Waals surface area contributed by atoms with Crippen molar-refractivity contribution in [3.05, 3.63) is 23.8 Å². The molecule has 1 saturated heterocycles. The molecule has 5 heteroatoms. The van der Waals surface area contributed by atoms with Crippen LogP contribution in [0.2, 0.25) is 0 Å². The van der Waals surface area contributed by atoms with Crippen molar-refractivity contribution in [3.63, 3.8) is 0 Å². The summed E-state index contributed by atoms with van der Waals surface area (Å²) in [6.07, 6.45) is 1.47. The zero-order valence-electron chi connectivity index (χ0n) is 10.8. The Morgan fingerprint density at radius 1 is 1.37 bits per heavy atom. The Balaban J connectivity index is 1.66. The van der Waals surface area contributed by atoms with Gasteiger partial charge in [-0.2, -0.15) is 0 Å². The zero-order chi connectivity index (χ0) is 13.2. The molecule has 0 radical (unpaired) electrons. The van der Waals surface area contributed by atoms with Crippen LogP contribution in [0.1, 0.15) is 31.4 Å². The summed E-state index contributed by atoms with van der Waals surface area (Å²) < 4.78 is 16.0. The molecule has 1 aromatic carbocycles. The predicted molar refractivity (Wildman–Crippen MR) is 68.1 cm³/mol. The van der Waals surface area contributed by atoms with Gasteiger partial charge < -0.3 is 19.5 Å². The van der Waals surface area contributed by atoms with Crippen molar-refractivity contribution in [2.24, 2.45) is 0 Å². The molecule has 2 atom stereocenters. The molecule has 2 aliphatic heterocycles. The van der Waals surface area contributed by atoms with Gasteiger partial charge in [0.2, 0.25) is 12.7 Å². The number of carbonyl (C=O) groups is 1. The first-order chi connectivity index (χ1) is 9.24. The second-order valence-corrected chi connectivity index (χ2v) is 4.84. The highest BCUT2D eigenvalue weighted by Crippen LogP contribution is 2.34. The monoisotopic (exact) mass is 263 g/mol. The molecule has 0 saturated carbocycles. The lowest BCUT2D eigenvalue weighted by Crippen LogP contribution is -2.35. The number of fused-ring (bicyclic) bond motifs is 1. The van der Waals surface area contributed by atoms with Gasteiger partial charge in [0.05, 0.1) is 6.04 Å². The van der Waals surface area contributed by atoms with Crippen LogP contribution in [0.3, 0.4) is 0 Å².